The van der Waals surface area contributed by atoms with Gasteiger partial charge in [0.25, 0.3) is 0 Å². The number of halogens is 1. The van der Waals surface area contributed by atoms with E-state index in [0.717, 1.165) is 4.90 Å². The molecule has 0 aromatic carbocycles. The van der Waals surface area contributed by atoms with Crippen molar-refractivity contribution in [1.29, 1.82) is 0 Å². The average Bonchev–Trinajstić information content (AvgIpc) is 2.54. The van der Waals surface area contributed by atoms with E-state index in [1.165, 1.54) is 11.8 Å². The fraction of sp³-hybridized carbons (Fsp3) is 0.700. The normalized spacial score (nSPS) is 14.0. The lowest BCUT2D eigenvalue weighted by Gasteiger charge is -2.24. The molecule has 0 saturated carbocycles. The Morgan fingerprint density at radius 3 is 2.59 bits per heavy atom. The Morgan fingerprint density at radius 2 is 2.18 bits per heavy atom. The zero-order chi connectivity index (χ0) is 15.0. The van der Waals surface area contributed by atoms with Gasteiger partial charge in [-0.25, -0.2) is 4.79 Å². The first-order valence-corrected chi connectivity index (χ1v) is 5.78. The molecule has 1 aromatic rings. The first-order chi connectivity index (χ1) is 8.45. The molecule has 6 nitrogen and oxygen atoms in total. The molecule has 0 spiro atoms. The maximum Gasteiger partial charge on any atom is 0.410 e. The molecule has 0 saturated heterocycles. The molecule has 0 aliphatic heterocycles. The van der Waals surface area contributed by atoms with Crippen molar-refractivity contribution < 1.29 is 12.3 Å². The highest BCUT2D eigenvalue weighted by Gasteiger charge is 2.21. The van der Waals surface area contributed by atoms with E-state index in [9.17, 15) is 4.79 Å². The van der Waals surface area contributed by atoms with Gasteiger partial charge in [0.05, 0.1) is 9.24 Å². The maximum atomic E-state index is 11.9. The monoisotopic (exact) mass is 306 g/mol. The predicted octanol–water partition coefficient (Wildman–Crippen LogP) is 1.94. The molecule has 1 heterocycles. The number of carbonyl (C=O) groups excluding carboxylic acids is 1. The molecule has 0 bridgehead atoms. The van der Waals surface area contributed by atoms with E-state index in [-0.39, 0.29) is 10.3 Å². The molecule has 0 N–H and O–H groups in total. The van der Waals surface area contributed by atoms with Gasteiger partial charge in [-0.2, -0.15) is 9.90 Å². The predicted molar refractivity (Wildman–Crippen MR) is 66.4 cm³/mol. The minimum Gasteiger partial charge on any atom is -0.444 e. The van der Waals surface area contributed by atoms with Gasteiger partial charge in [-0.3, -0.25) is 0 Å². The van der Waals surface area contributed by atoms with Crippen LogP contribution in [0.3, 0.4) is 0 Å². The van der Waals surface area contributed by atoms with E-state index >= 15 is 0 Å². The second-order valence-electron chi connectivity index (χ2n) is 4.48. The van der Waals surface area contributed by atoms with E-state index in [2.05, 4.69) is 26.1 Å². The SMILES string of the molecule is [2H]C([2H])(c1nn(C)nc1Br)N(C)C(=O)OC(C)(C)C. The van der Waals surface area contributed by atoms with Crippen molar-refractivity contribution in [2.45, 2.75) is 32.9 Å². The van der Waals surface area contributed by atoms with E-state index < -0.39 is 18.2 Å². The van der Waals surface area contributed by atoms with Crippen LogP contribution in [0.1, 0.15) is 29.2 Å². The number of hydrogen-bond donors (Lipinski definition) is 0. The molecule has 0 fully saturated rings. The van der Waals surface area contributed by atoms with Crippen LogP contribution in [-0.2, 0) is 18.3 Å². The van der Waals surface area contributed by atoms with Crippen LogP contribution in [0.2, 0.25) is 0 Å². The maximum absolute atomic E-state index is 11.9. The summed E-state index contributed by atoms with van der Waals surface area (Å²) in [6.45, 7) is 3.01. The highest BCUT2D eigenvalue weighted by molar-refractivity contribution is 9.10. The number of amides is 1. The molecule has 0 atom stereocenters. The van der Waals surface area contributed by atoms with Crippen LogP contribution >= 0.6 is 15.9 Å². The van der Waals surface area contributed by atoms with E-state index in [1.807, 2.05) is 0 Å². The van der Waals surface area contributed by atoms with Gasteiger partial charge >= 0.3 is 6.09 Å². The van der Waals surface area contributed by atoms with Gasteiger partial charge in [0.2, 0.25) is 0 Å². The number of aromatic nitrogens is 3. The topological polar surface area (TPSA) is 60.2 Å². The van der Waals surface area contributed by atoms with Crippen LogP contribution in [0.5, 0.6) is 0 Å². The Bertz CT molecular complexity index is 484. The molecule has 0 aliphatic rings. The molecule has 1 rings (SSSR count). The summed E-state index contributed by atoms with van der Waals surface area (Å²) in [6.07, 6.45) is -0.768. The summed E-state index contributed by atoms with van der Waals surface area (Å²) in [4.78, 5) is 14.0. The van der Waals surface area contributed by atoms with Crippen LogP contribution in [0.25, 0.3) is 0 Å². The summed E-state index contributed by atoms with van der Waals surface area (Å²) in [5.74, 6) is 0. The first-order valence-electron chi connectivity index (χ1n) is 5.99. The summed E-state index contributed by atoms with van der Waals surface area (Å²) in [5, 5.41) is 7.81. The Hall–Kier alpha value is -1.11. The van der Waals surface area contributed by atoms with Crippen LogP contribution in [0.4, 0.5) is 4.79 Å². The molecule has 17 heavy (non-hydrogen) atoms. The molecule has 0 radical (unpaired) electrons. The number of ether oxygens (including phenoxy) is 1. The number of aryl methyl sites for hydroxylation is 1. The Kier molecular flexibility index (Phi) is 3.26. The van der Waals surface area contributed by atoms with Crippen LogP contribution in [0, 0.1) is 0 Å². The molecular weight excluding hydrogens is 288 g/mol. The second-order valence-corrected chi connectivity index (χ2v) is 5.23. The minimum absolute atomic E-state index is 0.0170. The van der Waals surface area contributed by atoms with Crippen molar-refractivity contribution in [2.75, 3.05) is 7.05 Å². The number of nitrogens with zero attached hydrogens (tertiary/aromatic N) is 4. The molecule has 1 aromatic heterocycles. The fourth-order valence-corrected chi connectivity index (χ4v) is 1.38. The zero-order valence-electron chi connectivity index (χ0n) is 12.5. The summed E-state index contributed by atoms with van der Waals surface area (Å²) < 4.78 is 21.4. The minimum atomic E-state index is -2.13. The van der Waals surface area contributed by atoms with E-state index in [4.69, 9.17) is 7.48 Å². The molecule has 1 amide bonds. The summed E-state index contributed by atoms with van der Waals surface area (Å²) >= 11 is 3.12. The Labute approximate surface area is 112 Å². The van der Waals surface area contributed by atoms with Crippen LogP contribution in [0.15, 0.2) is 4.60 Å². The van der Waals surface area contributed by atoms with Gasteiger partial charge in [0, 0.05) is 14.1 Å². The quantitative estimate of drug-likeness (QED) is 0.838. The lowest BCUT2D eigenvalue weighted by molar-refractivity contribution is 0.0282. The van der Waals surface area contributed by atoms with Crippen molar-refractivity contribution in [3.63, 3.8) is 0 Å². The fourth-order valence-electron chi connectivity index (χ4n) is 0.986. The van der Waals surface area contributed by atoms with Gasteiger partial charge < -0.3 is 9.64 Å². The van der Waals surface area contributed by atoms with Gasteiger partial charge in [-0.15, -0.1) is 5.10 Å². The van der Waals surface area contributed by atoms with Gasteiger partial charge in [-0.05, 0) is 36.7 Å². The average molecular weight is 307 g/mol. The lowest BCUT2D eigenvalue weighted by atomic mass is 10.2. The molecule has 7 heteroatoms. The third-order valence-corrected chi connectivity index (χ3v) is 2.15. The lowest BCUT2D eigenvalue weighted by Crippen LogP contribution is -2.34. The van der Waals surface area contributed by atoms with Crippen molar-refractivity contribution in [1.82, 2.24) is 19.9 Å². The Morgan fingerprint density at radius 1 is 1.59 bits per heavy atom. The highest BCUT2D eigenvalue weighted by Crippen LogP contribution is 2.14. The van der Waals surface area contributed by atoms with Gasteiger partial charge in [-0.1, -0.05) is 0 Å². The number of carbonyl (C=O) groups is 1. The second kappa shape index (κ2) is 5.03. The smallest absolute Gasteiger partial charge is 0.410 e. The standard InChI is InChI=1S/C10H17BrN4O2/c1-10(2,3)17-9(16)14(4)6-7-8(11)13-15(5)12-7/h6H2,1-5H3/i6D2. The van der Waals surface area contributed by atoms with Crippen molar-refractivity contribution >= 4 is 22.0 Å². The zero-order valence-corrected chi connectivity index (χ0v) is 12.1. The summed E-state index contributed by atoms with van der Waals surface area (Å²) in [6, 6.07) is 0. The molecule has 96 valence electrons. The third-order valence-electron chi connectivity index (χ3n) is 1.61. The first kappa shape index (κ1) is 11.0. The van der Waals surface area contributed by atoms with Crippen molar-refractivity contribution in [2.24, 2.45) is 7.05 Å². The summed E-state index contributed by atoms with van der Waals surface area (Å²) in [7, 11) is 2.88. The largest absolute Gasteiger partial charge is 0.444 e. The number of rotatable bonds is 2. The number of hydrogen-bond acceptors (Lipinski definition) is 4. The molecule has 0 aliphatic carbocycles. The van der Waals surface area contributed by atoms with Crippen LogP contribution < -0.4 is 0 Å². The highest BCUT2D eigenvalue weighted by atomic mass is 79.9. The third kappa shape index (κ3) is 4.33. The van der Waals surface area contributed by atoms with Gasteiger partial charge in [0.15, 0.2) is 4.60 Å². The molecule has 0 unspecified atom stereocenters. The van der Waals surface area contributed by atoms with Crippen molar-refractivity contribution in [3.05, 3.63) is 10.3 Å². The van der Waals surface area contributed by atoms with E-state index in [1.54, 1.807) is 27.8 Å². The molecular formula is C10H17BrN4O2. The Balaban J connectivity index is 3.00. The summed E-state index contributed by atoms with van der Waals surface area (Å²) in [5.41, 5.74) is -0.676. The van der Waals surface area contributed by atoms with Gasteiger partial charge in [0.1, 0.15) is 11.3 Å². The van der Waals surface area contributed by atoms with Crippen molar-refractivity contribution in [3.8, 4) is 0 Å². The van der Waals surface area contributed by atoms with E-state index in [0.29, 0.717) is 0 Å². The van der Waals surface area contributed by atoms with Crippen LogP contribution in [-0.4, -0.2) is 38.6 Å².